The van der Waals surface area contributed by atoms with E-state index in [2.05, 4.69) is 25.2 Å². The maximum absolute atomic E-state index is 5.36. The van der Waals surface area contributed by atoms with Crippen molar-refractivity contribution in [1.82, 2.24) is 19.9 Å². The lowest BCUT2D eigenvalue weighted by atomic mass is 10.2. The van der Waals surface area contributed by atoms with Gasteiger partial charge in [-0.25, -0.2) is 9.97 Å². The molecule has 1 fully saturated rings. The minimum absolute atomic E-state index is 0.716. The Kier molecular flexibility index (Phi) is 5.50. The van der Waals surface area contributed by atoms with Crippen molar-refractivity contribution < 1.29 is 4.74 Å². The molecule has 6 heteroatoms. The lowest BCUT2D eigenvalue weighted by Crippen LogP contribution is -2.37. The summed E-state index contributed by atoms with van der Waals surface area (Å²) < 4.78 is 5.36. The minimum Gasteiger partial charge on any atom is -0.379 e. The van der Waals surface area contributed by atoms with Crippen LogP contribution in [0.25, 0.3) is 11.4 Å². The molecule has 2 aromatic heterocycles. The summed E-state index contributed by atoms with van der Waals surface area (Å²) in [7, 11) is 0. The first-order valence-corrected chi connectivity index (χ1v) is 8.11. The zero-order valence-corrected chi connectivity index (χ0v) is 13.5. The van der Waals surface area contributed by atoms with Gasteiger partial charge in [0.25, 0.3) is 0 Å². The number of aryl methyl sites for hydroxylation is 1. The van der Waals surface area contributed by atoms with E-state index < -0.39 is 0 Å². The Hall–Kier alpha value is -2.05. The summed E-state index contributed by atoms with van der Waals surface area (Å²) >= 11 is 0. The van der Waals surface area contributed by atoms with Crippen LogP contribution in [0.1, 0.15) is 12.1 Å². The van der Waals surface area contributed by atoms with Crippen LogP contribution in [0.5, 0.6) is 0 Å². The predicted octanol–water partition coefficient (Wildman–Crippen LogP) is 1.98. The smallest absolute Gasteiger partial charge is 0.163 e. The fourth-order valence-corrected chi connectivity index (χ4v) is 2.63. The van der Waals surface area contributed by atoms with Crippen molar-refractivity contribution in [3.05, 3.63) is 36.3 Å². The monoisotopic (exact) mass is 313 g/mol. The maximum Gasteiger partial charge on any atom is 0.163 e. The first kappa shape index (κ1) is 15.8. The van der Waals surface area contributed by atoms with E-state index in [-0.39, 0.29) is 0 Å². The first-order valence-electron chi connectivity index (χ1n) is 8.11. The average Bonchev–Trinajstić information content (AvgIpc) is 2.60. The molecule has 0 unspecified atom stereocenters. The molecule has 0 atom stereocenters. The number of pyridine rings is 1. The van der Waals surface area contributed by atoms with Gasteiger partial charge in [-0.3, -0.25) is 9.88 Å². The Balaban J connectivity index is 1.54. The molecule has 0 saturated carbocycles. The van der Waals surface area contributed by atoms with Crippen LogP contribution in [0.2, 0.25) is 0 Å². The van der Waals surface area contributed by atoms with Crippen LogP contribution >= 0.6 is 0 Å². The number of rotatable bonds is 6. The van der Waals surface area contributed by atoms with E-state index in [0.29, 0.717) is 5.82 Å². The van der Waals surface area contributed by atoms with Gasteiger partial charge in [-0.2, -0.15) is 0 Å². The van der Waals surface area contributed by atoms with E-state index in [4.69, 9.17) is 4.74 Å². The van der Waals surface area contributed by atoms with E-state index in [1.807, 2.05) is 25.1 Å². The normalized spacial score (nSPS) is 15.5. The second kappa shape index (κ2) is 7.99. The van der Waals surface area contributed by atoms with Crippen LogP contribution < -0.4 is 5.32 Å². The van der Waals surface area contributed by atoms with E-state index in [9.17, 15) is 0 Å². The molecule has 3 heterocycles. The molecule has 2 aromatic rings. The Morgan fingerprint density at radius 2 is 2.13 bits per heavy atom. The molecule has 0 spiro atoms. The summed E-state index contributed by atoms with van der Waals surface area (Å²) in [6, 6.07) is 5.86. The van der Waals surface area contributed by atoms with Crippen molar-refractivity contribution in [3.8, 4) is 11.4 Å². The molecule has 3 rings (SSSR count). The van der Waals surface area contributed by atoms with E-state index in [1.165, 1.54) is 0 Å². The summed E-state index contributed by atoms with van der Waals surface area (Å²) in [5.74, 6) is 1.59. The minimum atomic E-state index is 0.716. The summed E-state index contributed by atoms with van der Waals surface area (Å²) in [5, 5.41) is 3.41. The summed E-state index contributed by atoms with van der Waals surface area (Å²) in [5.41, 5.74) is 1.89. The van der Waals surface area contributed by atoms with Crippen molar-refractivity contribution in [2.45, 2.75) is 13.3 Å². The van der Waals surface area contributed by atoms with Crippen LogP contribution in [-0.2, 0) is 4.74 Å². The Morgan fingerprint density at radius 1 is 1.26 bits per heavy atom. The third-order valence-corrected chi connectivity index (χ3v) is 3.83. The quantitative estimate of drug-likeness (QED) is 0.823. The number of morpholine rings is 1. The van der Waals surface area contributed by atoms with Gasteiger partial charge in [-0.15, -0.1) is 0 Å². The molecule has 1 aliphatic rings. The second-order valence-electron chi connectivity index (χ2n) is 5.69. The summed E-state index contributed by atoms with van der Waals surface area (Å²) in [6.07, 6.45) is 4.63. The highest BCUT2D eigenvalue weighted by atomic mass is 16.5. The van der Waals surface area contributed by atoms with Gasteiger partial charge in [0.2, 0.25) is 0 Å². The molecular formula is C17H23N5O. The fourth-order valence-electron chi connectivity index (χ4n) is 2.63. The highest BCUT2D eigenvalue weighted by molar-refractivity contribution is 5.56. The molecule has 0 aromatic carbocycles. The zero-order valence-electron chi connectivity index (χ0n) is 13.5. The average molecular weight is 313 g/mol. The maximum atomic E-state index is 5.36. The number of hydrogen-bond donors (Lipinski definition) is 1. The molecule has 6 nitrogen and oxygen atoms in total. The topological polar surface area (TPSA) is 63.2 Å². The van der Waals surface area contributed by atoms with E-state index in [1.54, 1.807) is 12.4 Å². The molecular weight excluding hydrogens is 290 g/mol. The molecule has 122 valence electrons. The van der Waals surface area contributed by atoms with Gasteiger partial charge in [0, 0.05) is 49.4 Å². The molecule has 23 heavy (non-hydrogen) atoms. The third kappa shape index (κ3) is 4.71. The Labute approximate surface area is 136 Å². The van der Waals surface area contributed by atoms with Crippen LogP contribution in [-0.4, -0.2) is 59.2 Å². The van der Waals surface area contributed by atoms with Crippen LogP contribution in [0.15, 0.2) is 30.6 Å². The Morgan fingerprint density at radius 3 is 2.91 bits per heavy atom. The van der Waals surface area contributed by atoms with Gasteiger partial charge in [-0.05, 0) is 32.0 Å². The number of nitrogens with zero attached hydrogens (tertiary/aromatic N) is 4. The number of aromatic nitrogens is 3. The highest BCUT2D eigenvalue weighted by Gasteiger charge is 2.09. The molecule has 1 saturated heterocycles. The number of anilines is 1. The summed E-state index contributed by atoms with van der Waals surface area (Å²) in [4.78, 5) is 15.7. The van der Waals surface area contributed by atoms with E-state index in [0.717, 1.165) is 62.9 Å². The molecule has 0 bridgehead atoms. The number of hydrogen-bond acceptors (Lipinski definition) is 6. The third-order valence-electron chi connectivity index (χ3n) is 3.83. The van der Waals surface area contributed by atoms with Crippen molar-refractivity contribution >= 4 is 5.82 Å². The van der Waals surface area contributed by atoms with Gasteiger partial charge in [0.15, 0.2) is 5.82 Å². The zero-order chi connectivity index (χ0) is 15.9. The van der Waals surface area contributed by atoms with Crippen LogP contribution in [0.3, 0.4) is 0 Å². The Bertz CT molecular complexity index is 614. The molecule has 0 radical (unpaired) electrons. The molecule has 0 amide bonds. The number of ether oxygens (including phenoxy) is 1. The van der Waals surface area contributed by atoms with Gasteiger partial charge in [0.1, 0.15) is 5.82 Å². The van der Waals surface area contributed by atoms with Gasteiger partial charge >= 0.3 is 0 Å². The first-order chi connectivity index (χ1) is 11.3. The number of nitrogens with one attached hydrogen (secondary N) is 1. The van der Waals surface area contributed by atoms with Gasteiger partial charge in [-0.1, -0.05) is 0 Å². The van der Waals surface area contributed by atoms with Crippen molar-refractivity contribution in [2.75, 3.05) is 44.7 Å². The molecule has 1 aliphatic heterocycles. The highest BCUT2D eigenvalue weighted by Crippen LogP contribution is 2.16. The van der Waals surface area contributed by atoms with Gasteiger partial charge in [0.05, 0.1) is 13.2 Å². The van der Waals surface area contributed by atoms with Crippen molar-refractivity contribution in [2.24, 2.45) is 0 Å². The molecule has 1 N–H and O–H groups in total. The van der Waals surface area contributed by atoms with Crippen LogP contribution in [0.4, 0.5) is 5.82 Å². The van der Waals surface area contributed by atoms with Crippen LogP contribution in [0, 0.1) is 6.92 Å². The summed E-state index contributed by atoms with van der Waals surface area (Å²) in [6.45, 7) is 7.77. The van der Waals surface area contributed by atoms with Crippen molar-refractivity contribution in [1.29, 1.82) is 0 Å². The largest absolute Gasteiger partial charge is 0.379 e. The predicted molar refractivity (Wildman–Crippen MR) is 90.4 cm³/mol. The van der Waals surface area contributed by atoms with Crippen molar-refractivity contribution in [3.63, 3.8) is 0 Å². The lowest BCUT2D eigenvalue weighted by molar-refractivity contribution is 0.0378. The van der Waals surface area contributed by atoms with E-state index >= 15 is 0 Å². The lowest BCUT2D eigenvalue weighted by Gasteiger charge is -2.26. The fraction of sp³-hybridized carbons (Fsp3) is 0.471. The standard InChI is InChI=1S/C17H23N5O/c1-14-12-16(19-6-3-7-22-8-10-23-11-9-22)21-17(20-14)15-4-2-5-18-13-15/h2,4-5,12-13H,3,6-11H2,1H3,(H,19,20,21). The SMILES string of the molecule is Cc1cc(NCCCN2CCOCC2)nc(-c2cccnc2)n1. The molecule has 0 aliphatic carbocycles. The second-order valence-corrected chi connectivity index (χ2v) is 5.69. The van der Waals surface area contributed by atoms with Gasteiger partial charge < -0.3 is 10.1 Å².